The highest BCUT2D eigenvalue weighted by Gasteiger charge is 2.24. The Morgan fingerprint density at radius 1 is 1.21 bits per heavy atom. The molecule has 0 unspecified atom stereocenters. The molecule has 0 saturated carbocycles. The van der Waals surface area contributed by atoms with Gasteiger partial charge in [-0.25, -0.2) is 8.42 Å². The Balaban J connectivity index is 0.00000392. The Kier molecular flexibility index (Phi) is 9.44. The Morgan fingerprint density at radius 2 is 1.96 bits per heavy atom. The van der Waals surface area contributed by atoms with Crippen LogP contribution in [0.3, 0.4) is 0 Å². The molecular formula is C18H26ClN3O5S. The molecule has 2 aromatic rings. The van der Waals surface area contributed by atoms with E-state index in [9.17, 15) is 13.2 Å². The van der Waals surface area contributed by atoms with Crippen LogP contribution in [0.1, 0.15) is 35.2 Å². The minimum atomic E-state index is -3.78. The van der Waals surface area contributed by atoms with Crippen LogP contribution >= 0.6 is 12.4 Å². The van der Waals surface area contributed by atoms with Crippen LogP contribution in [0.5, 0.6) is 5.75 Å². The van der Waals surface area contributed by atoms with Crippen molar-refractivity contribution < 1.29 is 22.5 Å². The molecule has 2 N–H and O–H groups in total. The number of sulfone groups is 1. The first kappa shape index (κ1) is 23.9. The molecule has 10 heteroatoms. The van der Waals surface area contributed by atoms with Gasteiger partial charge >= 0.3 is 0 Å². The van der Waals surface area contributed by atoms with Crippen molar-refractivity contribution in [1.82, 2.24) is 15.8 Å². The summed E-state index contributed by atoms with van der Waals surface area (Å²) in [4.78, 5) is 12.3. The summed E-state index contributed by atoms with van der Waals surface area (Å²) in [6.45, 7) is 5.74. The van der Waals surface area contributed by atoms with E-state index in [0.717, 1.165) is 13.0 Å². The number of methoxy groups -OCH3 is 1. The van der Waals surface area contributed by atoms with Gasteiger partial charge in [-0.05, 0) is 38.1 Å². The Hall–Kier alpha value is -2.10. The SMILES string of the molecule is CCCNCCNC(=O)c1ccc(OC)c(S(=O)(=O)Cc2cc(C)no2)c1.Cl. The van der Waals surface area contributed by atoms with E-state index in [1.165, 1.54) is 25.3 Å². The summed E-state index contributed by atoms with van der Waals surface area (Å²) in [5.74, 6) is -0.308. The molecule has 156 valence electrons. The summed E-state index contributed by atoms with van der Waals surface area (Å²) in [5, 5.41) is 9.64. The van der Waals surface area contributed by atoms with Gasteiger partial charge in [-0.3, -0.25) is 4.79 Å². The number of nitrogens with one attached hydrogen (secondary N) is 2. The van der Waals surface area contributed by atoms with E-state index in [4.69, 9.17) is 9.26 Å². The maximum absolute atomic E-state index is 12.8. The van der Waals surface area contributed by atoms with Crippen molar-refractivity contribution in [2.45, 2.75) is 30.9 Å². The van der Waals surface area contributed by atoms with Crippen molar-refractivity contribution in [3.05, 3.63) is 41.3 Å². The van der Waals surface area contributed by atoms with E-state index >= 15 is 0 Å². The summed E-state index contributed by atoms with van der Waals surface area (Å²) in [6.07, 6.45) is 1.01. The molecule has 0 spiro atoms. The summed E-state index contributed by atoms with van der Waals surface area (Å²) in [6, 6.07) is 5.89. The number of amides is 1. The van der Waals surface area contributed by atoms with Crippen molar-refractivity contribution >= 4 is 28.2 Å². The second-order valence-corrected chi connectivity index (χ2v) is 8.02. The van der Waals surface area contributed by atoms with Crippen LogP contribution in [0, 0.1) is 6.92 Å². The van der Waals surface area contributed by atoms with Crippen LogP contribution in [-0.2, 0) is 15.6 Å². The molecule has 28 heavy (non-hydrogen) atoms. The number of carbonyl (C=O) groups is 1. The van der Waals surface area contributed by atoms with E-state index in [2.05, 4.69) is 22.7 Å². The van der Waals surface area contributed by atoms with Gasteiger partial charge in [0, 0.05) is 24.7 Å². The Bertz CT molecular complexity index is 883. The molecule has 1 aromatic carbocycles. The fraction of sp³-hybridized carbons (Fsp3) is 0.444. The summed E-state index contributed by atoms with van der Waals surface area (Å²) >= 11 is 0. The first-order valence-electron chi connectivity index (χ1n) is 8.69. The predicted molar refractivity (Wildman–Crippen MR) is 108 cm³/mol. The fourth-order valence-corrected chi connectivity index (χ4v) is 3.91. The van der Waals surface area contributed by atoms with Crippen LogP contribution in [0.4, 0.5) is 0 Å². The van der Waals surface area contributed by atoms with Crippen LogP contribution in [-0.4, -0.2) is 46.2 Å². The molecule has 1 heterocycles. The number of ether oxygens (including phenoxy) is 1. The number of halogens is 1. The lowest BCUT2D eigenvalue weighted by Gasteiger charge is -2.11. The highest BCUT2D eigenvalue weighted by Crippen LogP contribution is 2.28. The number of aryl methyl sites for hydroxylation is 1. The zero-order valence-corrected chi connectivity index (χ0v) is 17.8. The number of rotatable bonds is 10. The van der Waals surface area contributed by atoms with Gasteiger partial charge in [0.25, 0.3) is 5.91 Å². The zero-order chi connectivity index (χ0) is 19.9. The number of hydrogen-bond donors (Lipinski definition) is 2. The van der Waals surface area contributed by atoms with E-state index in [1.807, 2.05) is 0 Å². The van der Waals surface area contributed by atoms with E-state index < -0.39 is 9.84 Å². The third-order valence-electron chi connectivity index (χ3n) is 3.78. The highest BCUT2D eigenvalue weighted by atomic mass is 35.5. The Labute approximate surface area is 171 Å². The van der Waals surface area contributed by atoms with Gasteiger partial charge in [0.1, 0.15) is 16.4 Å². The van der Waals surface area contributed by atoms with Gasteiger partial charge in [-0.2, -0.15) is 0 Å². The minimum Gasteiger partial charge on any atom is -0.495 e. The van der Waals surface area contributed by atoms with Crippen LogP contribution < -0.4 is 15.4 Å². The molecule has 1 amide bonds. The van der Waals surface area contributed by atoms with Gasteiger partial charge in [0.15, 0.2) is 15.6 Å². The number of carbonyl (C=O) groups excluding carboxylic acids is 1. The highest BCUT2D eigenvalue weighted by molar-refractivity contribution is 7.90. The van der Waals surface area contributed by atoms with Crippen molar-refractivity contribution in [1.29, 1.82) is 0 Å². The average Bonchev–Trinajstić information content (AvgIpc) is 3.04. The number of aromatic nitrogens is 1. The lowest BCUT2D eigenvalue weighted by atomic mass is 10.2. The first-order valence-corrected chi connectivity index (χ1v) is 10.3. The largest absolute Gasteiger partial charge is 0.495 e. The number of benzene rings is 1. The summed E-state index contributed by atoms with van der Waals surface area (Å²) < 4.78 is 35.7. The molecule has 0 bridgehead atoms. The molecule has 0 atom stereocenters. The molecule has 1 aromatic heterocycles. The van der Waals surface area contributed by atoms with E-state index in [1.54, 1.807) is 13.0 Å². The number of hydrogen-bond acceptors (Lipinski definition) is 7. The second kappa shape index (κ2) is 11.0. The maximum Gasteiger partial charge on any atom is 0.251 e. The molecule has 0 aliphatic carbocycles. The third kappa shape index (κ3) is 6.50. The third-order valence-corrected chi connectivity index (χ3v) is 5.44. The van der Waals surface area contributed by atoms with Gasteiger partial charge in [0.2, 0.25) is 0 Å². The average molecular weight is 432 g/mol. The summed E-state index contributed by atoms with van der Waals surface area (Å²) in [7, 11) is -2.40. The first-order chi connectivity index (χ1) is 12.9. The molecule has 0 aliphatic heterocycles. The standard InChI is InChI=1S/C18H25N3O5S.ClH/c1-4-7-19-8-9-20-18(22)14-5-6-16(25-3)17(11-14)27(23,24)12-15-10-13(2)21-26-15;/h5-6,10-11,19H,4,7-9,12H2,1-3H3,(H,20,22);1H. The van der Waals surface area contributed by atoms with Crippen molar-refractivity contribution in [3.8, 4) is 5.75 Å². The molecule has 2 rings (SSSR count). The molecular weight excluding hydrogens is 406 g/mol. The lowest BCUT2D eigenvalue weighted by molar-refractivity contribution is 0.0953. The van der Waals surface area contributed by atoms with E-state index in [0.29, 0.717) is 18.8 Å². The van der Waals surface area contributed by atoms with Crippen LogP contribution in [0.15, 0.2) is 33.7 Å². The molecule has 8 nitrogen and oxygen atoms in total. The molecule has 0 aliphatic rings. The Morgan fingerprint density at radius 3 is 2.57 bits per heavy atom. The second-order valence-electron chi connectivity index (χ2n) is 6.07. The van der Waals surface area contributed by atoms with Crippen molar-refractivity contribution in [2.24, 2.45) is 0 Å². The minimum absolute atomic E-state index is 0. The quantitative estimate of drug-likeness (QED) is 0.554. The van der Waals surface area contributed by atoms with Crippen LogP contribution in [0.2, 0.25) is 0 Å². The number of nitrogens with zero attached hydrogens (tertiary/aromatic N) is 1. The normalized spacial score (nSPS) is 11.0. The van der Waals surface area contributed by atoms with Crippen molar-refractivity contribution in [3.63, 3.8) is 0 Å². The lowest BCUT2D eigenvalue weighted by Crippen LogP contribution is -2.32. The predicted octanol–water partition coefficient (Wildman–Crippen LogP) is 2.12. The molecule has 0 saturated heterocycles. The van der Waals surface area contributed by atoms with Gasteiger partial charge in [-0.1, -0.05) is 12.1 Å². The monoisotopic (exact) mass is 431 g/mol. The zero-order valence-electron chi connectivity index (χ0n) is 16.1. The van der Waals surface area contributed by atoms with Crippen LogP contribution in [0.25, 0.3) is 0 Å². The van der Waals surface area contributed by atoms with Crippen molar-refractivity contribution in [2.75, 3.05) is 26.7 Å². The molecule has 0 radical (unpaired) electrons. The van der Waals surface area contributed by atoms with Gasteiger partial charge in [0.05, 0.1) is 12.8 Å². The van der Waals surface area contributed by atoms with Gasteiger partial charge < -0.3 is 19.9 Å². The molecule has 0 fully saturated rings. The van der Waals surface area contributed by atoms with Gasteiger partial charge in [-0.15, -0.1) is 12.4 Å². The smallest absolute Gasteiger partial charge is 0.251 e. The summed E-state index contributed by atoms with van der Waals surface area (Å²) in [5.41, 5.74) is 0.843. The maximum atomic E-state index is 12.8. The topological polar surface area (TPSA) is 111 Å². The fourth-order valence-electron chi connectivity index (χ4n) is 2.48. The van der Waals surface area contributed by atoms with E-state index in [-0.39, 0.29) is 46.0 Å².